The summed E-state index contributed by atoms with van der Waals surface area (Å²) in [6.07, 6.45) is 6.28. The van der Waals surface area contributed by atoms with Crippen LogP contribution in [0.4, 0.5) is 0 Å². The van der Waals surface area contributed by atoms with Crippen LogP contribution in [0.5, 0.6) is 0 Å². The maximum absolute atomic E-state index is 12.5. The van der Waals surface area contributed by atoms with Gasteiger partial charge in [0.15, 0.2) is 0 Å². The zero-order valence-corrected chi connectivity index (χ0v) is 12.2. The minimum atomic E-state index is -0.842. The Labute approximate surface area is 120 Å². The van der Waals surface area contributed by atoms with E-state index in [1.165, 1.54) is 0 Å². The van der Waals surface area contributed by atoms with Crippen LogP contribution in [0.2, 0.25) is 0 Å². The first-order valence-electron chi connectivity index (χ1n) is 7.49. The molecule has 2 rings (SSSR count). The number of hydrogen-bond acceptors (Lipinski definition) is 4. The highest BCUT2D eigenvalue weighted by Crippen LogP contribution is 2.35. The zero-order chi connectivity index (χ0) is 14.5. The summed E-state index contributed by atoms with van der Waals surface area (Å²) in [6, 6.07) is 2.28. The van der Waals surface area contributed by atoms with E-state index in [2.05, 4.69) is 11.4 Å². The van der Waals surface area contributed by atoms with Crippen molar-refractivity contribution in [3.8, 4) is 6.07 Å². The quantitative estimate of drug-likeness (QED) is 0.797. The molecule has 0 aromatic rings. The summed E-state index contributed by atoms with van der Waals surface area (Å²) in [5.41, 5.74) is -1.26. The van der Waals surface area contributed by atoms with Crippen LogP contribution in [0, 0.1) is 16.7 Å². The van der Waals surface area contributed by atoms with E-state index < -0.39 is 11.0 Å². The molecular formula is C15H24N2O3. The number of nitrogens with zero attached hydrogens (tertiary/aromatic N) is 1. The molecule has 1 unspecified atom stereocenters. The normalized spacial score (nSPS) is 29.4. The van der Waals surface area contributed by atoms with Crippen LogP contribution in [0.1, 0.15) is 44.9 Å². The summed E-state index contributed by atoms with van der Waals surface area (Å²) in [5, 5.41) is 12.4. The summed E-state index contributed by atoms with van der Waals surface area (Å²) in [6.45, 7) is 1.59. The third-order valence-corrected chi connectivity index (χ3v) is 4.68. The molecule has 1 saturated heterocycles. The second kappa shape index (κ2) is 6.55. The molecule has 0 aromatic carbocycles. The minimum Gasteiger partial charge on any atom is -0.378 e. The third-order valence-electron chi connectivity index (χ3n) is 4.68. The molecule has 0 bridgehead atoms. The van der Waals surface area contributed by atoms with Gasteiger partial charge in [-0.15, -0.1) is 0 Å². The lowest BCUT2D eigenvalue weighted by atomic mass is 9.81. The van der Waals surface area contributed by atoms with Crippen LogP contribution in [-0.2, 0) is 14.3 Å². The second-order valence-corrected chi connectivity index (χ2v) is 5.98. The lowest BCUT2D eigenvalue weighted by Gasteiger charge is -2.29. The van der Waals surface area contributed by atoms with Gasteiger partial charge in [0, 0.05) is 26.7 Å². The van der Waals surface area contributed by atoms with Gasteiger partial charge in [-0.05, 0) is 12.8 Å². The number of carbonyl (C=O) groups is 1. The molecule has 0 spiro atoms. The van der Waals surface area contributed by atoms with Gasteiger partial charge in [0.2, 0.25) is 5.91 Å². The van der Waals surface area contributed by atoms with Gasteiger partial charge in [0.25, 0.3) is 0 Å². The Morgan fingerprint density at radius 1 is 1.30 bits per heavy atom. The molecule has 1 heterocycles. The van der Waals surface area contributed by atoms with Gasteiger partial charge in [-0.2, -0.15) is 5.26 Å². The van der Waals surface area contributed by atoms with Crippen LogP contribution in [0.15, 0.2) is 0 Å². The smallest absolute Gasteiger partial charge is 0.240 e. The monoisotopic (exact) mass is 280 g/mol. The highest BCUT2D eigenvalue weighted by atomic mass is 16.5. The Bertz CT molecular complexity index is 375. The number of methoxy groups -OCH3 is 1. The molecule has 0 aromatic heterocycles. The van der Waals surface area contributed by atoms with E-state index >= 15 is 0 Å². The predicted molar refractivity (Wildman–Crippen MR) is 73.9 cm³/mol. The molecule has 1 amide bonds. The fraction of sp³-hybridized carbons (Fsp3) is 0.867. The SMILES string of the molecule is COC1(CNC(=O)C2(C#N)CCCCCC2)CCOC1. The summed E-state index contributed by atoms with van der Waals surface area (Å²) in [4.78, 5) is 12.5. The largest absolute Gasteiger partial charge is 0.378 e. The van der Waals surface area contributed by atoms with Gasteiger partial charge in [0.1, 0.15) is 11.0 Å². The van der Waals surface area contributed by atoms with Gasteiger partial charge in [-0.25, -0.2) is 0 Å². The molecule has 1 aliphatic heterocycles. The van der Waals surface area contributed by atoms with Crippen LogP contribution in [0.25, 0.3) is 0 Å². The number of rotatable bonds is 4. The predicted octanol–water partition coefficient (Wildman–Crippen LogP) is 1.77. The Morgan fingerprint density at radius 3 is 2.50 bits per heavy atom. The molecule has 1 atom stereocenters. The van der Waals surface area contributed by atoms with Gasteiger partial charge in [-0.3, -0.25) is 4.79 Å². The van der Waals surface area contributed by atoms with Crippen LogP contribution in [-0.4, -0.2) is 38.4 Å². The van der Waals surface area contributed by atoms with Crippen LogP contribution >= 0.6 is 0 Å². The Morgan fingerprint density at radius 2 is 2.00 bits per heavy atom. The molecule has 0 radical (unpaired) electrons. The minimum absolute atomic E-state index is 0.134. The van der Waals surface area contributed by atoms with Crippen LogP contribution < -0.4 is 5.32 Å². The van der Waals surface area contributed by atoms with Crippen molar-refractivity contribution in [3.63, 3.8) is 0 Å². The zero-order valence-electron chi connectivity index (χ0n) is 12.2. The maximum atomic E-state index is 12.5. The number of nitriles is 1. The van der Waals surface area contributed by atoms with Crippen LogP contribution in [0.3, 0.4) is 0 Å². The van der Waals surface area contributed by atoms with E-state index in [0.29, 0.717) is 32.6 Å². The van der Waals surface area contributed by atoms with Crippen molar-refractivity contribution in [3.05, 3.63) is 0 Å². The molecule has 20 heavy (non-hydrogen) atoms. The number of carbonyl (C=O) groups excluding carboxylic acids is 1. The highest BCUT2D eigenvalue weighted by molar-refractivity contribution is 5.85. The van der Waals surface area contributed by atoms with Crippen molar-refractivity contribution in [1.29, 1.82) is 5.26 Å². The first-order valence-corrected chi connectivity index (χ1v) is 7.49. The maximum Gasteiger partial charge on any atom is 0.240 e. The van der Waals surface area contributed by atoms with E-state index in [0.717, 1.165) is 32.1 Å². The van der Waals surface area contributed by atoms with E-state index in [9.17, 15) is 10.1 Å². The van der Waals surface area contributed by atoms with Crippen molar-refractivity contribution in [2.75, 3.05) is 26.9 Å². The fourth-order valence-electron chi connectivity index (χ4n) is 3.09. The lowest BCUT2D eigenvalue weighted by Crippen LogP contribution is -2.49. The summed E-state index contributed by atoms with van der Waals surface area (Å²) >= 11 is 0. The molecule has 1 aliphatic carbocycles. The molecule has 112 valence electrons. The van der Waals surface area contributed by atoms with Gasteiger partial charge in [-0.1, -0.05) is 25.7 Å². The van der Waals surface area contributed by atoms with Crippen molar-refractivity contribution in [2.24, 2.45) is 5.41 Å². The van der Waals surface area contributed by atoms with E-state index in [4.69, 9.17) is 9.47 Å². The fourth-order valence-corrected chi connectivity index (χ4v) is 3.09. The highest BCUT2D eigenvalue weighted by Gasteiger charge is 2.41. The molecule has 1 saturated carbocycles. The molecule has 1 N–H and O–H groups in total. The van der Waals surface area contributed by atoms with Crippen molar-refractivity contribution in [1.82, 2.24) is 5.32 Å². The first kappa shape index (κ1) is 15.3. The Kier molecular flexibility index (Phi) is 5.00. The average Bonchev–Trinajstić information content (AvgIpc) is 2.82. The van der Waals surface area contributed by atoms with Gasteiger partial charge >= 0.3 is 0 Å². The second-order valence-electron chi connectivity index (χ2n) is 5.98. The molecular weight excluding hydrogens is 256 g/mol. The summed E-state index contributed by atoms with van der Waals surface area (Å²) in [5.74, 6) is -0.134. The number of ether oxygens (including phenoxy) is 2. The van der Waals surface area contributed by atoms with Gasteiger partial charge in [0.05, 0.1) is 12.7 Å². The number of hydrogen-bond donors (Lipinski definition) is 1. The lowest BCUT2D eigenvalue weighted by molar-refractivity contribution is -0.130. The topological polar surface area (TPSA) is 71.3 Å². The van der Waals surface area contributed by atoms with E-state index in [1.54, 1.807) is 7.11 Å². The van der Waals surface area contributed by atoms with E-state index in [1.807, 2.05) is 0 Å². The van der Waals surface area contributed by atoms with Gasteiger partial charge < -0.3 is 14.8 Å². The first-order chi connectivity index (χ1) is 9.66. The molecule has 2 aliphatic rings. The van der Waals surface area contributed by atoms with Crippen molar-refractivity contribution in [2.45, 2.75) is 50.5 Å². The summed E-state index contributed by atoms with van der Waals surface area (Å²) in [7, 11) is 1.65. The molecule has 5 heteroatoms. The average molecular weight is 280 g/mol. The number of amides is 1. The van der Waals surface area contributed by atoms with Crippen molar-refractivity contribution >= 4 is 5.91 Å². The van der Waals surface area contributed by atoms with E-state index in [-0.39, 0.29) is 5.91 Å². The molecule has 5 nitrogen and oxygen atoms in total. The Balaban J connectivity index is 1.97. The number of nitrogens with one attached hydrogen (secondary N) is 1. The Hall–Kier alpha value is -1.12. The van der Waals surface area contributed by atoms with Crippen molar-refractivity contribution < 1.29 is 14.3 Å². The third kappa shape index (κ3) is 3.13. The molecule has 2 fully saturated rings. The summed E-state index contributed by atoms with van der Waals surface area (Å²) < 4.78 is 10.9. The standard InChI is InChI=1S/C15H24N2O3/c1-19-15(8-9-20-12-15)11-17-13(18)14(10-16)6-4-2-3-5-7-14/h2-9,11-12H2,1H3,(H,17,18).